The first-order valence-corrected chi connectivity index (χ1v) is 12.3. The number of hydrogen-bond acceptors (Lipinski definition) is 7. The van der Waals surface area contributed by atoms with Crippen molar-refractivity contribution in [1.29, 1.82) is 0 Å². The third-order valence-electron chi connectivity index (χ3n) is 5.95. The van der Waals surface area contributed by atoms with E-state index in [4.69, 9.17) is 9.97 Å². The number of thiazole rings is 1. The second-order valence-corrected chi connectivity index (χ2v) is 9.28. The van der Waals surface area contributed by atoms with Crippen LogP contribution in [0.2, 0.25) is 0 Å². The Labute approximate surface area is 202 Å². The molecule has 1 amide bonds. The lowest BCUT2D eigenvalue weighted by Gasteiger charge is -2.18. The number of aryl methyl sites for hydroxylation is 1. The first kappa shape index (κ1) is 24.0. The molecule has 0 aliphatic carbocycles. The van der Waals surface area contributed by atoms with Crippen molar-refractivity contribution in [3.63, 3.8) is 0 Å². The minimum absolute atomic E-state index is 0.207. The van der Waals surface area contributed by atoms with Crippen molar-refractivity contribution in [1.82, 2.24) is 29.7 Å². The Morgan fingerprint density at radius 1 is 1.24 bits per heavy atom. The number of benzene rings is 1. The van der Waals surface area contributed by atoms with Crippen LogP contribution in [0.3, 0.4) is 0 Å². The van der Waals surface area contributed by atoms with Crippen LogP contribution in [-0.2, 0) is 11.8 Å². The Kier molecular flexibility index (Phi) is 7.08. The van der Waals surface area contributed by atoms with E-state index >= 15 is 0 Å². The summed E-state index contributed by atoms with van der Waals surface area (Å²) >= 11 is 1.46. The summed E-state index contributed by atoms with van der Waals surface area (Å²) in [5.74, 6) is 0.170. The first-order chi connectivity index (χ1) is 16.3. The van der Waals surface area contributed by atoms with Crippen LogP contribution < -0.4 is 10.6 Å². The van der Waals surface area contributed by atoms with Crippen LogP contribution in [0.4, 0.5) is 10.2 Å². The van der Waals surface area contributed by atoms with Gasteiger partial charge in [-0.25, -0.2) is 19.3 Å². The summed E-state index contributed by atoms with van der Waals surface area (Å²) in [6.45, 7) is 11.2. The fraction of sp³-hybridized carbons (Fsp3) is 0.417. The number of imidazole rings is 1. The van der Waals surface area contributed by atoms with Gasteiger partial charge < -0.3 is 20.1 Å². The molecule has 0 fully saturated rings. The number of anilines is 1. The maximum absolute atomic E-state index is 14.5. The molecule has 3 aromatic heterocycles. The molecule has 0 radical (unpaired) electrons. The van der Waals surface area contributed by atoms with Crippen LogP contribution in [0.15, 0.2) is 24.5 Å². The summed E-state index contributed by atoms with van der Waals surface area (Å²) in [6, 6.07) is 4.43. The Bertz CT molecular complexity index is 1330. The predicted octanol–water partition coefficient (Wildman–Crippen LogP) is 4.33. The van der Waals surface area contributed by atoms with Crippen LogP contribution in [0.5, 0.6) is 0 Å². The highest BCUT2D eigenvalue weighted by atomic mass is 32.1. The fourth-order valence-corrected chi connectivity index (χ4v) is 5.03. The van der Waals surface area contributed by atoms with Gasteiger partial charge in [-0.15, -0.1) is 0 Å². The lowest BCUT2D eigenvalue weighted by atomic mass is 10.0. The highest BCUT2D eigenvalue weighted by Gasteiger charge is 2.19. The molecule has 0 saturated carbocycles. The molecular weight excluding hydrogens is 453 g/mol. The van der Waals surface area contributed by atoms with E-state index in [-0.39, 0.29) is 11.7 Å². The lowest BCUT2D eigenvalue weighted by molar-refractivity contribution is -0.119. The van der Waals surface area contributed by atoms with Gasteiger partial charge in [0.1, 0.15) is 32.2 Å². The SMILES string of the molecule is CCN(CC)CCNc1nc2sc(-c3ccc(F)c(C(C)NC(C)=O)c3)nc2c2c1ncn2C. The third kappa shape index (κ3) is 4.74. The maximum Gasteiger partial charge on any atom is 0.217 e. The number of rotatable bonds is 9. The topological polar surface area (TPSA) is 88.0 Å². The van der Waals surface area contributed by atoms with Crippen LogP contribution in [-0.4, -0.2) is 56.5 Å². The number of likely N-dealkylation sites (N-methyl/N-ethyl adjacent to an activating group) is 1. The van der Waals surface area contributed by atoms with Gasteiger partial charge in [-0.1, -0.05) is 25.2 Å². The summed E-state index contributed by atoms with van der Waals surface area (Å²) in [5, 5.41) is 6.93. The van der Waals surface area contributed by atoms with Crippen LogP contribution in [0, 0.1) is 5.82 Å². The highest BCUT2D eigenvalue weighted by Crippen LogP contribution is 2.36. The largest absolute Gasteiger partial charge is 0.367 e. The number of hydrogen-bond donors (Lipinski definition) is 2. The quantitative estimate of drug-likeness (QED) is 0.368. The van der Waals surface area contributed by atoms with E-state index in [9.17, 15) is 9.18 Å². The molecular formula is C24H30FN7OS. The number of amides is 1. The minimum atomic E-state index is -0.449. The number of carbonyl (C=O) groups is 1. The average molecular weight is 484 g/mol. The molecule has 0 aliphatic rings. The van der Waals surface area contributed by atoms with Crippen LogP contribution in [0.1, 0.15) is 39.3 Å². The summed E-state index contributed by atoms with van der Waals surface area (Å²) in [7, 11) is 1.94. The molecule has 0 saturated heterocycles. The third-order valence-corrected chi connectivity index (χ3v) is 6.95. The van der Waals surface area contributed by atoms with E-state index in [1.165, 1.54) is 24.3 Å². The fourth-order valence-electron chi connectivity index (χ4n) is 4.09. The van der Waals surface area contributed by atoms with E-state index in [1.807, 2.05) is 11.6 Å². The number of nitrogens with zero attached hydrogens (tertiary/aromatic N) is 5. The second kappa shape index (κ2) is 10.0. The van der Waals surface area contributed by atoms with Gasteiger partial charge in [0.05, 0.1) is 12.4 Å². The zero-order valence-corrected chi connectivity index (χ0v) is 21.0. The van der Waals surface area contributed by atoms with Gasteiger partial charge in [0.15, 0.2) is 5.82 Å². The number of pyridine rings is 1. The smallest absolute Gasteiger partial charge is 0.217 e. The Morgan fingerprint density at radius 3 is 2.71 bits per heavy atom. The number of fused-ring (bicyclic) bond motifs is 3. The van der Waals surface area contributed by atoms with Gasteiger partial charge in [0.2, 0.25) is 5.91 Å². The molecule has 1 atom stereocenters. The molecule has 4 aromatic rings. The van der Waals surface area contributed by atoms with E-state index in [2.05, 4.69) is 34.4 Å². The second-order valence-electron chi connectivity index (χ2n) is 8.30. The van der Waals surface area contributed by atoms with Gasteiger partial charge in [-0.3, -0.25) is 4.79 Å². The Hall–Kier alpha value is -3.11. The molecule has 0 spiro atoms. The summed E-state index contributed by atoms with van der Waals surface area (Å²) in [4.78, 5) is 28.9. The lowest BCUT2D eigenvalue weighted by Crippen LogP contribution is -2.28. The first-order valence-electron chi connectivity index (χ1n) is 11.5. The van der Waals surface area contributed by atoms with Gasteiger partial charge in [-0.2, -0.15) is 0 Å². The maximum atomic E-state index is 14.5. The standard InChI is InChI=1S/C24H30FN7OS/c1-6-32(7-2)11-10-26-22-19-21(31(5)13-27-19)20-24(30-22)34-23(29-20)16-8-9-18(25)17(12-16)14(3)28-15(4)33/h8-9,12-14H,6-7,10-11H2,1-5H3,(H,26,30)(H,28,33). The average Bonchev–Trinajstić information content (AvgIpc) is 3.40. The molecule has 4 rings (SSSR count). The monoisotopic (exact) mass is 483 g/mol. The molecule has 8 nitrogen and oxygen atoms in total. The predicted molar refractivity (Wildman–Crippen MR) is 136 cm³/mol. The van der Waals surface area contributed by atoms with Crippen molar-refractivity contribution in [2.45, 2.75) is 33.7 Å². The van der Waals surface area contributed by atoms with Crippen molar-refractivity contribution < 1.29 is 9.18 Å². The molecule has 0 aliphatic heterocycles. The van der Waals surface area contributed by atoms with Crippen molar-refractivity contribution in [2.24, 2.45) is 7.05 Å². The van der Waals surface area contributed by atoms with Gasteiger partial charge in [0.25, 0.3) is 0 Å². The molecule has 0 bridgehead atoms. The zero-order valence-electron chi connectivity index (χ0n) is 20.1. The molecule has 34 heavy (non-hydrogen) atoms. The van der Waals surface area contributed by atoms with Crippen molar-refractivity contribution >= 4 is 44.4 Å². The zero-order chi connectivity index (χ0) is 24.4. The van der Waals surface area contributed by atoms with Gasteiger partial charge in [0, 0.05) is 38.2 Å². The molecule has 1 unspecified atom stereocenters. The normalized spacial score (nSPS) is 12.6. The van der Waals surface area contributed by atoms with E-state index in [0.29, 0.717) is 5.56 Å². The Morgan fingerprint density at radius 2 is 2.00 bits per heavy atom. The van der Waals surface area contributed by atoms with E-state index in [0.717, 1.165) is 63.9 Å². The molecule has 10 heteroatoms. The van der Waals surface area contributed by atoms with E-state index < -0.39 is 6.04 Å². The number of carbonyl (C=O) groups excluding carboxylic acids is 1. The molecule has 1 aromatic carbocycles. The summed E-state index contributed by atoms with van der Waals surface area (Å²) < 4.78 is 16.4. The number of nitrogens with one attached hydrogen (secondary N) is 2. The van der Waals surface area contributed by atoms with E-state index in [1.54, 1.807) is 25.4 Å². The van der Waals surface area contributed by atoms with Crippen molar-refractivity contribution in [3.8, 4) is 10.6 Å². The minimum Gasteiger partial charge on any atom is -0.367 e. The van der Waals surface area contributed by atoms with Crippen molar-refractivity contribution in [2.75, 3.05) is 31.5 Å². The molecule has 180 valence electrons. The molecule has 2 N–H and O–H groups in total. The van der Waals surface area contributed by atoms with Gasteiger partial charge >= 0.3 is 0 Å². The summed E-state index contributed by atoms with van der Waals surface area (Å²) in [6.07, 6.45) is 1.77. The molecule has 3 heterocycles. The number of halogens is 1. The summed E-state index contributed by atoms with van der Waals surface area (Å²) in [5.41, 5.74) is 3.66. The van der Waals surface area contributed by atoms with Gasteiger partial charge in [-0.05, 0) is 38.2 Å². The van der Waals surface area contributed by atoms with Crippen LogP contribution >= 0.6 is 11.3 Å². The highest BCUT2D eigenvalue weighted by molar-refractivity contribution is 7.21. The van der Waals surface area contributed by atoms with Crippen molar-refractivity contribution in [3.05, 3.63) is 35.9 Å². The number of aromatic nitrogens is 4. The van der Waals surface area contributed by atoms with Crippen LogP contribution in [0.25, 0.3) is 32.0 Å². The Balaban J connectivity index is 1.72.